The summed E-state index contributed by atoms with van der Waals surface area (Å²) in [6.45, 7) is 9.60. The molecule has 0 bridgehead atoms. The zero-order valence-electron chi connectivity index (χ0n) is 18.4. The highest BCUT2D eigenvalue weighted by Crippen LogP contribution is 2.38. The van der Waals surface area contributed by atoms with Gasteiger partial charge in [0.15, 0.2) is 0 Å². The minimum Gasteiger partial charge on any atom is -0.475 e. The van der Waals surface area contributed by atoms with Crippen molar-refractivity contribution in [3.05, 3.63) is 17.0 Å². The summed E-state index contributed by atoms with van der Waals surface area (Å²) in [4.78, 5) is 26.4. The molecule has 2 atom stereocenters. The van der Waals surface area contributed by atoms with Gasteiger partial charge < -0.3 is 24.2 Å². The van der Waals surface area contributed by atoms with Crippen LogP contribution in [0.25, 0.3) is 0 Å². The van der Waals surface area contributed by atoms with E-state index in [-0.39, 0.29) is 11.5 Å². The van der Waals surface area contributed by atoms with E-state index in [0.29, 0.717) is 29.5 Å². The van der Waals surface area contributed by atoms with Crippen molar-refractivity contribution < 1.29 is 37.1 Å². The van der Waals surface area contributed by atoms with E-state index in [2.05, 4.69) is 10.1 Å². The molecule has 3 saturated heterocycles. The highest BCUT2D eigenvalue weighted by Gasteiger charge is 2.45. The third-order valence-corrected chi connectivity index (χ3v) is 6.32. The summed E-state index contributed by atoms with van der Waals surface area (Å²) in [6.07, 6.45) is 0.728. The van der Waals surface area contributed by atoms with Crippen molar-refractivity contribution in [3.8, 4) is 0 Å². The molecule has 1 spiro atoms. The number of piperidine rings is 1. The highest BCUT2D eigenvalue weighted by molar-refractivity contribution is 5.96. The molecule has 0 aromatic carbocycles. The highest BCUT2D eigenvalue weighted by atomic mass is 19.4. The minimum absolute atomic E-state index is 0.0434. The topological polar surface area (TPSA) is 96.1 Å². The quantitative estimate of drug-likeness (QED) is 0.739. The monoisotopic (exact) mass is 461 g/mol. The first-order valence-corrected chi connectivity index (χ1v) is 10.9. The normalized spacial score (nSPS) is 26.3. The summed E-state index contributed by atoms with van der Waals surface area (Å²) in [7, 11) is 0. The maximum atomic E-state index is 13.0. The number of rotatable bonds is 3. The first-order valence-electron chi connectivity index (χ1n) is 10.9. The lowest BCUT2D eigenvalue weighted by molar-refractivity contribution is -0.192. The van der Waals surface area contributed by atoms with Crippen LogP contribution in [0.3, 0.4) is 0 Å². The Morgan fingerprint density at radius 3 is 2.41 bits per heavy atom. The molecule has 3 aliphatic heterocycles. The average Bonchev–Trinajstić information content (AvgIpc) is 3.44. The zero-order valence-corrected chi connectivity index (χ0v) is 18.4. The van der Waals surface area contributed by atoms with Crippen molar-refractivity contribution in [2.45, 2.75) is 57.7 Å². The standard InChI is InChI=1S/C19H29N3O3.C2HF3O2/c1-14-17(15(2)25-20-14)18(23)22-9-5-6-19(13-22)10-16(12-24-19)11-21-7-3-4-8-21;3-2(4,5)1(6)7/h16H,3-13H2,1-2H3;(H,6,7). The van der Waals surface area contributed by atoms with Gasteiger partial charge in [0.25, 0.3) is 5.91 Å². The number of carboxylic acid groups (broad SMARTS) is 1. The zero-order chi connectivity index (χ0) is 23.5. The van der Waals surface area contributed by atoms with Crippen molar-refractivity contribution >= 4 is 11.9 Å². The van der Waals surface area contributed by atoms with Crippen molar-refractivity contribution in [1.82, 2.24) is 15.0 Å². The third kappa shape index (κ3) is 5.80. The summed E-state index contributed by atoms with van der Waals surface area (Å²) in [5, 5.41) is 11.1. The number of ether oxygens (including phenoxy) is 1. The molecule has 180 valence electrons. The number of nitrogens with zero attached hydrogens (tertiary/aromatic N) is 3. The fraction of sp³-hybridized carbons (Fsp3) is 0.762. The van der Waals surface area contributed by atoms with E-state index in [9.17, 15) is 18.0 Å². The number of alkyl halides is 3. The molecule has 3 aliphatic rings. The molecule has 8 nitrogen and oxygen atoms in total. The van der Waals surface area contributed by atoms with Crippen LogP contribution < -0.4 is 0 Å². The molecule has 4 rings (SSSR count). The maximum absolute atomic E-state index is 13.0. The number of aromatic nitrogens is 1. The van der Waals surface area contributed by atoms with Crippen LogP contribution in [0.15, 0.2) is 4.52 Å². The number of aliphatic carboxylic acids is 1. The summed E-state index contributed by atoms with van der Waals surface area (Å²) in [5.74, 6) is -1.50. The van der Waals surface area contributed by atoms with Crippen LogP contribution in [0.1, 0.15) is 53.9 Å². The van der Waals surface area contributed by atoms with Gasteiger partial charge in [-0.25, -0.2) is 4.79 Å². The van der Waals surface area contributed by atoms with Gasteiger partial charge in [-0.05, 0) is 65.0 Å². The van der Waals surface area contributed by atoms with Crippen LogP contribution in [0.4, 0.5) is 13.2 Å². The van der Waals surface area contributed by atoms with E-state index in [0.717, 1.165) is 39.0 Å². The molecule has 11 heteroatoms. The van der Waals surface area contributed by atoms with Crippen LogP contribution in [0.2, 0.25) is 0 Å². The molecule has 3 fully saturated rings. The summed E-state index contributed by atoms with van der Waals surface area (Å²) in [5.41, 5.74) is 1.17. The smallest absolute Gasteiger partial charge is 0.475 e. The second-order valence-corrected chi connectivity index (χ2v) is 8.90. The first kappa shape index (κ1) is 24.5. The van der Waals surface area contributed by atoms with E-state index in [1.54, 1.807) is 0 Å². The Balaban J connectivity index is 0.000000360. The van der Waals surface area contributed by atoms with Crippen LogP contribution in [-0.4, -0.2) is 83.0 Å². The van der Waals surface area contributed by atoms with Gasteiger partial charge in [-0.15, -0.1) is 0 Å². The first-order chi connectivity index (χ1) is 15.0. The van der Waals surface area contributed by atoms with E-state index < -0.39 is 12.1 Å². The lowest BCUT2D eigenvalue weighted by Crippen LogP contribution is -2.50. The summed E-state index contributed by atoms with van der Waals surface area (Å²) in [6, 6.07) is 0. The molecule has 1 aromatic rings. The summed E-state index contributed by atoms with van der Waals surface area (Å²) < 4.78 is 43.2. The van der Waals surface area contributed by atoms with Gasteiger partial charge in [-0.3, -0.25) is 4.79 Å². The van der Waals surface area contributed by atoms with E-state index >= 15 is 0 Å². The second-order valence-electron chi connectivity index (χ2n) is 8.90. The predicted molar refractivity (Wildman–Crippen MR) is 107 cm³/mol. The minimum atomic E-state index is -5.08. The Morgan fingerprint density at radius 2 is 1.84 bits per heavy atom. The van der Waals surface area contributed by atoms with Crippen molar-refractivity contribution in [3.63, 3.8) is 0 Å². The van der Waals surface area contributed by atoms with Gasteiger partial charge in [-0.2, -0.15) is 13.2 Å². The number of hydrogen-bond donors (Lipinski definition) is 1. The van der Waals surface area contributed by atoms with Crippen molar-refractivity contribution in [2.75, 3.05) is 39.3 Å². The lowest BCUT2D eigenvalue weighted by Gasteiger charge is -2.40. The van der Waals surface area contributed by atoms with Crippen LogP contribution >= 0.6 is 0 Å². The molecule has 0 aliphatic carbocycles. The number of aryl methyl sites for hydroxylation is 2. The molecule has 0 saturated carbocycles. The number of carboxylic acids is 1. The fourth-order valence-electron chi connectivity index (χ4n) is 4.89. The average molecular weight is 461 g/mol. The molecular weight excluding hydrogens is 431 g/mol. The third-order valence-electron chi connectivity index (χ3n) is 6.32. The van der Waals surface area contributed by atoms with E-state index in [4.69, 9.17) is 19.2 Å². The maximum Gasteiger partial charge on any atom is 0.490 e. The molecule has 1 amide bonds. The number of halogens is 3. The van der Waals surface area contributed by atoms with Crippen molar-refractivity contribution in [2.24, 2.45) is 5.92 Å². The Bertz CT molecular complexity index is 803. The summed E-state index contributed by atoms with van der Waals surface area (Å²) >= 11 is 0. The number of amides is 1. The Morgan fingerprint density at radius 1 is 1.19 bits per heavy atom. The SMILES string of the molecule is Cc1noc(C)c1C(=O)N1CCCC2(CC(CN3CCCC3)CO2)C1.O=C(O)C(F)(F)F. The number of carbonyl (C=O) groups is 2. The van der Waals surface area contributed by atoms with Crippen LogP contribution in [0.5, 0.6) is 0 Å². The van der Waals surface area contributed by atoms with Gasteiger partial charge in [0.1, 0.15) is 11.3 Å². The van der Waals surface area contributed by atoms with Gasteiger partial charge in [-0.1, -0.05) is 5.16 Å². The van der Waals surface area contributed by atoms with Gasteiger partial charge in [0, 0.05) is 19.6 Å². The molecule has 2 unspecified atom stereocenters. The predicted octanol–water partition coefficient (Wildman–Crippen LogP) is 3.03. The van der Waals surface area contributed by atoms with Gasteiger partial charge >= 0.3 is 12.1 Å². The fourth-order valence-corrected chi connectivity index (χ4v) is 4.89. The second kappa shape index (κ2) is 9.78. The molecule has 32 heavy (non-hydrogen) atoms. The van der Waals surface area contributed by atoms with E-state index in [1.165, 1.54) is 25.9 Å². The largest absolute Gasteiger partial charge is 0.490 e. The molecular formula is C21H30F3N3O5. The van der Waals surface area contributed by atoms with E-state index in [1.807, 2.05) is 18.7 Å². The van der Waals surface area contributed by atoms with Crippen LogP contribution in [-0.2, 0) is 9.53 Å². The Labute approximate surface area is 184 Å². The lowest BCUT2D eigenvalue weighted by atomic mass is 9.86. The Kier molecular flexibility index (Phi) is 7.49. The number of hydrogen-bond acceptors (Lipinski definition) is 6. The Hall–Kier alpha value is -2.14. The molecule has 1 N–H and O–H groups in total. The van der Waals surface area contributed by atoms with Gasteiger partial charge in [0.2, 0.25) is 0 Å². The molecule has 1 aromatic heterocycles. The van der Waals surface area contributed by atoms with Crippen molar-refractivity contribution in [1.29, 1.82) is 0 Å². The molecule has 4 heterocycles. The van der Waals surface area contributed by atoms with Gasteiger partial charge in [0.05, 0.1) is 17.9 Å². The van der Waals surface area contributed by atoms with Crippen LogP contribution in [0, 0.1) is 19.8 Å². The molecule has 0 radical (unpaired) electrons. The number of carbonyl (C=O) groups excluding carboxylic acids is 1. The number of likely N-dealkylation sites (tertiary alicyclic amines) is 2.